The minimum absolute atomic E-state index is 0.0395. The van der Waals surface area contributed by atoms with Crippen LogP contribution in [0, 0.1) is 11.8 Å². The van der Waals surface area contributed by atoms with Crippen molar-refractivity contribution in [2.75, 3.05) is 31.1 Å². The van der Waals surface area contributed by atoms with Crippen LogP contribution < -0.4 is 4.90 Å². The number of carboxylic acids is 1. The minimum Gasteiger partial charge on any atom is -0.481 e. The van der Waals surface area contributed by atoms with Gasteiger partial charge in [0, 0.05) is 31.9 Å². The van der Waals surface area contributed by atoms with E-state index in [1.807, 2.05) is 23.1 Å². The van der Waals surface area contributed by atoms with Crippen molar-refractivity contribution in [3.05, 3.63) is 30.3 Å². The average Bonchev–Trinajstić information content (AvgIpc) is 3.23. The molecular weight excluding hydrogens is 308 g/mol. The Kier molecular flexibility index (Phi) is 3.92. The molecule has 1 aromatic carbocycles. The molecule has 6 heteroatoms. The van der Waals surface area contributed by atoms with Crippen LogP contribution in [0.1, 0.15) is 12.8 Å². The van der Waals surface area contributed by atoms with Crippen molar-refractivity contribution in [3.8, 4) is 0 Å². The number of rotatable bonds is 3. The van der Waals surface area contributed by atoms with Gasteiger partial charge in [0.2, 0.25) is 5.91 Å². The fourth-order valence-electron chi connectivity index (χ4n) is 4.34. The second-order valence-corrected chi connectivity index (χ2v) is 6.83. The van der Waals surface area contributed by atoms with Gasteiger partial charge in [0.1, 0.15) is 0 Å². The summed E-state index contributed by atoms with van der Waals surface area (Å²) in [6.07, 6.45) is 1.06. The number of benzene rings is 1. The quantitative estimate of drug-likeness (QED) is 0.902. The van der Waals surface area contributed by atoms with Gasteiger partial charge < -0.3 is 19.6 Å². The van der Waals surface area contributed by atoms with Crippen molar-refractivity contribution in [1.29, 1.82) is 0 Å². The highest BCUT2D eigenvalue weighted by Crippen LogP contribution is 2.44. The number of carboxylic acid groups (broad SMARTS) is 1. The molecule has 1 N–H and O–H groups in total. The van der Waals surface area contributed by atoms with Gasteiger partial charge >= 0.3 is 5.97 Å². The second kappa shape index (κ2) is 6.09. The number of nitrogens with zero attached hydrogens (tertiary/aromatic N) is 2. The molecule has 6 nitrogen and oxygen atoms in total. The molecule has 3 heterocycles. The molecule has 0 aliphatic carbocycles. The summed E-state index contributed by atoms with van der Waals surface area (Å²) in [6.45, 7) is 2.81. The van der Waals surface area contributed by atoms with Gasteiger partial charge in [-0.3, -0.25) is 9.59 Å². The molecule has 3 aliphatic rings. The third-order valence-corrected chi connectivity index (χ3v) is 5.56. The average molecular weight is 330 g/mol. The number of piperazine rings is 1. The van der Waals surface area contributed by atoms with Gasteiger partial charge in [0.05, 0.1) is 24.0 Å². The predicted octanol–water partition coefficient (Wildman–Crippen LogP) is 1.21. The topological polar surface area (TPSA) is 70.1 Å². The molecule has 0 saturated carbocycles. The van der Waals surface area contributed by atoms with Crippen LogP contribution in [0.15, 0.2) is 30.3 Å². The summed E-state index contributed by atoms with van der Waals surface area (Å²) >= 11 is 0. The van der Waals surface area contributed by atoms with E-state index in [4.69, 9.17) is 4.74 Å². The number of para-hydroxylation sites is 1. The Balaban J connectivity index is 1.42. The molecular formula is C18H22N2O4. The highest BCUT2D eigenvalue weighted by molar-refractivity contribution is 5.86. The molecule has 4 rings (SSSR count). The summed E-state index contributed by atoms with van der Waals surface area (Å²) in [5, 5.41) is 9.48. The van der Waals surface area contributed by atoms with Crippen LogP contribution in [0.2, 0.25) is 0 Å². The van der Waals surface area contributed by atoms with Crippen molar-refractivity contribution in [2.45, 2.75) is 25.0 Å². The number of carbonyl (C=O) groups is 2. The Morgan fingerprint density at radius 3 is 2.21 bits per heavy atom. The van der Waals surface area contributed by atoms with Gasteiger partial charge in [-0.05, 0) is 25.0 Å². The van der Waals surface area contributed by atoms with Gasteiger partial charge in [-0.2, -0.15) is 0 Å². The fourth-order valence-corrected chi connectivity index (χ4v) is 4.34. The van der Waals surface area contributed by atoms with Crippen LogP contribution in [0.25, 0.3) is 0 Å². The normalized spacial score (nSPS) is 32.2. The first-order valence-electron chi connectivity index (χ1n) is 8.62. The van der Waals surface area contributed by atoms with Gasteiger partial charge in [0.15, 0.2) is 0 Å². The smallest absolute Gasteiger partial charge is 0.310 e. The monoisotopic (exact) mass is 330 g/mol. The molecule has 0 radical (unpaired) electrons. The van der Waals surface area contributed by atoms with Crippen LogP contribution in [-0.4, -0.2) is 60.3 Å². The number of hydrogen-bond donors (Lipinski definition) is 1. The van der Waals surface area contributed by atoms with Crippen molar-refractivity contribution in [3.63, 3.8) is 0 Å². The minimum atomic E-state index is -0.900. The molecule has 0 aromatic heterocycles. The first kappa shape index (κ1) is 15.4. The standard InChI is InChI=1S/C18H22N2O4/c21-17(15-13-6-7-14(24-13)16(15)18(22)23)20-10-8-19(9-11-20)12-4-2-1-3-5-12/h1-5,13-16H,6-11H2,(H,22,23)/t13-,14-,15+,16-/m0/s1. The van der Waals surface area contributed by atoms with E-state index >= 15 is 0 Å². The van der Waals surface area contributed by atoms with Gasteiger partial charge in [-0.15, -0.1) is 0 Å². The molecule has 24 heavy (non-hydrogen) atoms. The van der Waals surface area contributed by atoms with E-state index in [0.717, 1.165) is 31.6 Å². The van der Waals surface area contributed by atoms with E-state index in [0.29, 0.717) is 13.1 Å². The molecule has 1 aromatic rings. The van der Waals surface area contributed by atoms with Gasteiger partial charge in [0.25, 0.3) is 0 Å². The fraction of sp³-hybridized carbons (Fsp3) is 0.556. The van der Waals surface area contributed by atoms with Crippen LogP contribution in [-0.2, 0) is 14.3 Å². The number of hydrogen-bond acceptors (Lipinski definition) is 4. The predicted molar refractivity (Wildman–Crippen MR) is 87.7 cm³/mol. The maximum absolute atomic E-state index is 12.9. The lowest BCUT2D eigenvalue weighted by atomic mass is 9.78. The van der Waals surface area contributed by atoms with Crippen LogP contribution in [0.5, 0.6) is 0 Å². The number of amides is 1. The Bertz CT molecular complexity index is 627. The lowest BCUT2D eigenvalue weighted by Gasteiger charge is -2.38. The molecule has 1 amide bonds. The number of aliphatic carboxylic acids is 1. The van der Waals surface area contributed by atoms with Crippen LogP contribution in [0.3, 0.4) is 0 Å². The molecule has 128 valence electrons. The number of carbonyl (C=O) groups excluding carboxylic acids is 1. The Morgan fingerprint density at radius 1 is 0.958 bits per heavy atom. The first-order chi connectivity index (χ1) is 11.6. The Morgan fingerprint density at radius 2 is 1.58 bits per heavy atom. The van der Waals surface area contributed by atoms with Crippen molar-refractivity contribution in [1.82, 2.24) is 4.90 Å². The Labute approximate surface area is 141 Å². The third kappa shape index (κ3) is 2.55. The summed E-state index contributed by atoms with van der Waals surface area (Å²) in [5.41, 5.74) is 1.16. The maximum atomic E-state index is 12.9. The second-order valence-electron chi connectivity index (χ2n) is 6.83. The highest BCUT2D eigenvalue weighted by atomic mass is 16.5. The highest BCUT2D eigenvalue weighted by Gasteiger charge is 2.56. The van der Waals surface area contributed by atoms with Crippen LogP contribution >= 0.6 is 0 Å². The van der Waals surface area contributed by atoms with Crippen molar-refractivity contribution < 1.29 is 19.4 Å². The summed E-state index contributed by atoms with van der Waals surface area (Å²) in [6, 6.07) is 10.2. The van der Waals surface area contributed by atoms with E-state index in [-0.39, 0.29) is 18.1 Å². The van der Waals surface area contributed by atoms with E-state index in [9.17, 15) is 14.7 Å². The largest absolute Gasteiger partial charge is 0.481 e. The van der Waals surface area contributed by atoms with E-state index in [2.05, 4.69) is 17.0 Å². The van der Waals surface area contributed by atoms with Gasteiger partial charge in [-0.1, -0.05) is 18.2 Å². The molecule has 4 atom stereocenters. The lowest BCUT2D eigenvalue weighted by Crippen LogP contribution is -2.53. The molecule has 0 unspecified atom stereocenters. The van der Waals surface area contributed by atoms with E-state index in [1.54, 1.807) is 0 Å². The van der Waals surface area contributed by atoms with Crippen molar-refractivity contribution in [2.24, 2.45) is 11.8 Å². The zero-order valence-corrected chi connectivity index (χ0v) is 13.5. The van der Waals surface area contributed by atoms with Crippen LogP contribution in [0.4, 0.5) is 5.69 Å². The summed E-state index contributed by atoms with van der Waals surface area (Å²) in [7, 11) is 0. The molecule has 3 fully saturated rings. The Hall–Kier alpha value is -2.08. The summed E-state index contributed by atoms with van der Waals surface area (Å²) < 4.78 is 5.72. The molecule has 3 saturated heterocycles. The van der Waals surface area contributed by atoms with E-state index < -0.39 is 17.8 Å². The van der Waals surface area contributed by atoms with Gasteiger partial charge in [-0.25, -0.2) is 0 Å². The first-order valence-corrected chi connectivity index (χ1v) is 8.62. The molecule has 3 aliphatic heterocycles. The zero-order valence-electron chi connectivity index (χ0n) is 13.5. The maximum Gasteiger partial charge on any atom is 0.310 e. The van der Waals surface area contributed by atoms with Crippen molar-refractivity contribution >= 4 is 17.6 Å². The number of ether oxygens (including phenoxy) is 1. The third-order valence-electron chi connectivity index (χ3n) is 5.56. The SMILES string of the molecule is O=C(O)[C@@H]1[C@H](C(=O)N2CCN(c3ccccc3)CC2)[C@@H]2CC[C@@H]1O2. The van der Waals surface area contributed by atoms with E-state index in [1.165, 1.54) is 0 Å². The molecule has 2 bridgehead atoms. The summed E-state index contributed by atoms with van der Waals surface area (Å²) in [4.78, 5) is 28.6. The number of anilines is 1. The number of fused-ring (bicyclic) bond motifs is 2. The zero-order chi connectivity index (χ0) is 16.7. The molecule has 0 spiro atoms. The lowest BCUT2D eigenvalue weighted by molar-refractivity contribution is -0.151. The summed E-state index contributed by atoms with van der Waals surface area (Å²) in [5.74, 6) is -2.13.